The summed E-state index contributed by atoms with van der Waals surface area (Å²) in [6.45, 7) is 2.66. The molecule has 0 bridgehead atoms. The Kier molecular flexibility index (Phi) is 6.53. The third kappa shape index (κ3) is 4.57. The summed E-state index contributed by atoms with van der Waals surface area (Å²) in [5.41, 5.74) is 1.46. The molecule has 0 unspecified atom stereocenters. The summed E-state index contributed by atoms with van der Waals surface area (Å²) < 4.78 is 13.3. The van der Waals surface area contributed by atoms with Gasteiger partial charge in [0, 0.05) is 22.5 Å². The molecular weight excluding hydrogens is 432 g/mol. The molecule has 0 saturated heterocycles. The summed E-state index contributed by atoms with van der Waals surface area (Å²) >= 11 is 2.98. The zero-order chi connectivity index (χ0) is 21.8. The van der Waals surface area contributed by atoms with Crippen molar-refractivity contribution in [2.24, 2.45) is 0 Å². The molecule has 0 aliphatic carbocycles. The number of hydrogen-bond acceptors (Lipinski definition) is 7. The number of methoxy groups -OCH3 is 1. The van der Waals surface area contributed by atoms with Crippen molar-refractivity contribution in [3.8, 4) is 17.3 Å². The SMILES string of the molecule is CCn1c(SCC(=O)Nc2cccc(SC)c2)nnc1-c1cc2cccc(OC)c2o1. The molecule has 160 valence electrons. The van der Waals surface area contributed by atoms with Crippen molar-refractivity contribution in [3.05, 3.63) is 48.5 Å². The Morgan fingerprint density at radius 3 is 2.81 bits per heavy atom. The average molecular weight is 455 g/mol. The number of para-hydroxylation sites is 1. The van der Waals surface area contributed by atoms with E-state index in [1.807, 2.05) is 66.3 Å². The van der Waals surface area contributed by atoms with Crippen molar-refractivity contribution in [3.63, 3.8) is 0 Å². The van der Waals surface area contributed by atoms with Gasteiger partial charge in [-0.15, -0.1) is 22.0 Å². The molecule has 31 heavy (non-hydrogen) atoms. The fourth-order valence-electron chi connectivity index (χ4n) is 3.20. The Morgan fingerprint density at radius 2 is 2.03 bits per heavy atom. The van der Waals surface area contributed by atoms with Gasteiger partial charge in [0.05, 0.1) is 12.9 Å². The number of furan rings is 1. The number of anilines is 1. The molecule has 1 N–H and O–H groups in total. The van der Waals surface area contributed by atoms with Crippen LogP contribution in [0.4, 0.5) is 5.69 Å². The largest absolute Gasteiger partial charge is 0.493 e. The van der Waals surface area contributed by atoms with Gasteiger partial charge in [0.2, 0.25) is 11.7 Å². The number of nitrogens with one attached hydrogen (secondary N) is 1. The van der Waals surface area contributed by atoms with Gasteiger partial charge < -0.3 is 14.5 Å². The second-order valence-electron chi connectivity index (χ2n) is 6.61. The number of hydrogen-bond donors (Lipinski definition) is 1. The number of ether oxygens (including phenoxy) is 1. The van der Waals surface area contributed by atoms with Gasteiger partial charge in [-0.2, -0.15) is 0 Å². The fraction of sp³-hybridized carbons (Fsp3) is 0.227. The molecule has 2 aromatic carbocycles. The van der Waals surface area contributed by atoms with Gasteiger partial charge in [0.15, 0.2) is 22.2 Å². The van der Waals surface area contributed by atoms with Gasteiger partial charge in [-0.25, -0.2) is 0 Å². The second-order valence-corrected chi connectivity index (χ2v) is 8.43. The monoisotopic (exact) mass is 454 g/mol. The smallest absolute Gasteiger partial charge is 0.234 e. The van der Waals surface area contributed by atoms with Crippen molar-refractivity contribution in [2.75, 3.05) is 24.4 Å². The van der Waals surface area contributed by atoms with Gasteiger partial charge in [-0.1, -0.05) is 30.0 Å². The standard InChI is InChI=1S/C22H22N4O3S2/c1-4-26-21(18-11-14-7-5-10-17(28-2)20(14)29-18)24-25-22(26)31-13-19(27)23-15-8-6-9-16(12-15)30-3/h5-12H,4,13H2,1-3H3,(H,23,27). The van der Waals surface area contributed by atoms with E-state index in [4.69, 9.17) is 9.15 Å². The van der Waals surface area contributed by atoms with Crippen LogP contribution in [0, 0.1) is 0 Å². The number of amides is 1. The number of aromatic nitrogens is 3. The average Bonchev–Trinajstić information content (AvgIpc) is 3.41. The van der Waals surface area contributed by atoms with E-state index in [0.29, 0.717) is 34.6 Å². The molecule has 4 rings (SSSR count). The summed E-state index contributed by atoms with van der Waals surface area (Å²) in [6.07, 6.45) is 2.00. The van der Waals surface area contributed by atoms with Gasteiger partial charge in [-0.3, -0.25) is 9.36 Å². The summed E-state index contributed by atoms with van der Waals surface area (Å²) in [7, 11) is 1.61. The Bertz CT molecular complexity index is 1220. The molecular formula is C22H22N4O3S2. The minimum atomic E-state index is -0.0936. The molecule has 0 fully saturated rings. The topological polar surface area (TPSA) is 82.2 Å². The van der Waals surface area contributed by atoms with Crippen molar-refractivity contribution < 1.29 is 13.9 Å². The highest BCUT2D eigenvalue weighted by Gasteiger charge is 2.19. The predicted molar refractivity (Wildman–Crippen MR) is 125 cm³/mol. The van der Waals surface area contributed by atoms with Crippen molar-refractivity contribution in [1.82, 2.24) is 14.8 Å². The van der Waals surface area contributed by atoms with Gasteiger partial charge in [0.25, 0.3) is 0 Å². The zero-order valence-corrected chi connectivity index (χ0v) is 19.0. The third-order valence-corrected chi connectivity index (χ3v) is 6.36. The molecule has 0 aliphatic heterocycles. The van der Waals surface area contributed by atoms with Crippen LogP contribution in [0.1, 0.15) is 6.92 Å². The Hall–Kier alpha value is -2.91. The van der Waals surface area contributed by atoms with Crippen LogP contribution in [-0.2, 0) is 11.3 Å². The van der Waals surface area contributed by atoms with E-state index < -0.39 is 0 Å². The molecule has 7 nitrogen and oxygen atoms in total. The van der Waals surface area contributed by atoms with Crippen molar-refractivity contribution >= 4 is 46.1 Å². The first kappa shape index (κ1) is 21.3. The van der Waals surface area contributed by atoms with Gasteiger partial charge in [-0.05, 0) is 43.5 Å². The number of carbonyl (C=O) groups excluding carboxylic acids is 1. The lowest BCUT2D eigenvalue weighted by atomic mass is 10.2. The van der Waals surface area contributed by atoms with Crippen molar-refractivity contribution in [2.45, 2.75) is 23.5 Å². The van der Waals surface area contributed by atoms with Crippen LogP contribution >= 0.6 is 23.5 Å². The normalized spacial score (nSPS) is 11.1. The molecule has 9 heteroatoms. The van der Waals surface area contributed by atoms with Crippen LogP contribution in [0.2, 0.25) is 0 Å². The zero-order valence-electron chi connectivity index (χ0n) is 17.4. The van der Waals surface area contributed by atoms with Crippen molar-refractivity contribution in [1.29, 1.82) is 0 Å². The van der Waals surface area contributed by atoms with Crippen LogP contribution in [0.3, 0.4) is 0 Å². The lowest BCUT2D eigenvalue weighted by Crippen LogP contribution is -2.14. The summed E-state index contributed by atoms with van der Waals surface area (Å²) in [5, 5.41) is 13.1. The van der Waals surface area contributed by atoms with Crippen LogP contribution < -0.4 is 10.1 Å². The first-order valence-corrected chi connectivity index (χ1v) is 11.9. The van der Waals surface area contributed by atoms with Gasteiger partial charge >= 0.3 is 0 Å². The highest BCUT2D eigenvalue weighted by Crippen LogP contribution is 2.33. The maximum atomic E-state index is 12.4. The van der Waals surface area contributed by atoms with Crippen LogP contribution in [0.15, 0.2) is 63.0 Å². The number of carbonyl (C=O) groups is 1. The maximum absolute atomic E-state index is 12.4. The molecule has 0 spiro atoms. The first-order valence-electron chi connectivity index (χ1n) is 9.69. The highest BCUT2D eigenvalue weighted by atomic mass is 32.2. The highest BCUT2D eigenvalue weighted by molar-refractivity contribution is 7.99. The molecule has 0 atom stereocenters. The Balaban J connectivity index is 1.50. The molecule has 4 aromatic rings. The maximum Gasteiger partial charge on any atom is 0.234 e. The van der Waals surface area contributed by atoms with Crippen LogP contribution in [0.25, 0.3) is 22.6 Å². The molecule has 0 aliphatic rings. The Labute approximate surface area is 188 Å². The lowest BCUT2D eigenvalue weighted by molar-refractivity contribution is -0.113. The van der Waals surface area contributed by atoms with E-state index in [-0.39, 0.29) is 11.7 Å². The molecule has 2 aromatic heterocycles. The summed E-state index contributed by atoms with van der Waals surface area (Å²) in [4.78, 5) is 13.5. The minimum absolute atomic E-state index is 0.0936. The van der Waals surface area contributed by atoms with Gasteiger partial charge in [0.1, 0.15) is 0 Å². The summed E-state index contributed by atoms with van der Waals surface area (Å²) in [5.74, 6) is 2.04. The number of thioether (sulfide) groups is 2. The Morgan fingerprint density at radius 1 is 1.19 bits per heavy atom. The number of fused-ring (bicyclic) bond motifs is 1. The van der Waals surface area contributed by atoms with E-state index in [1.165, 1.54) is 11.8 Å². The number of benzene rings is 2. The predicted octanol–water partition coefficient (Wildman–Crippen LogP) is 5.17. The molecule has 2 heterocycles. The fourth-order valence-corrected chi connectivity index (χ4v) is 4.46. The molecule has 0 radical (unpaired) electrons. The number of rotatable bonds is 8. The van der Waals surface area contributed by atoms with Crippen LogP contribution in [0.5, 0.6) is 5.75 Å². The van der Waals surface area contributed by atoms with Crippen LogP contribution in [-0.4, -0.2) is 39.8 Å². The number of nitrogens with zero attached hydrogens (tertiary/aromatic N) is 3. The minimum Gasteiger partial charge on any atom is -0.493 e. The quantitative estimate of drug-likeness (QED) is 0.368. The van der Waals surface area contributed by atoms with E-state index in [0.717, 1.165) is 16.0 Å². The molecule has 0 saturated carbocycles. The van der Waals surface area contributed by atoms with E-state index in [2.05, 4.69) is 15.5 Å². The van der Waals surface area contributed by atoms with E-state index in [9.17, 15) is 4.79 Å². The lowest BCUT2D eigenvalue weighted by Gasteiger charge is -2.07. The first-order chi connectivity index (χ1) is 15.1. The third-order valence-electron chi connectivity index (χ3n) is 4.67. The summed E-state index contributed by atoms with van der Waals surface area (Å²) in [6, 6.07) is 15.4. The van der Waals surface area contributed by atoms with E-state index >= 15 is 0 Å². The second kappa shape index (κ2) is 9.49. The molecule has 1 amide bonds. The van der Waals surface area contributed by atoms with E-state index in [1.54, 1.807) is 18.9 Å².